The van der Waals surface area contributed by atoms with Gasteiger partial charge in [0, 0.05) is 30.5 Å². The Morgan fingerprint density at radius 2 is 2.04 bits per heavy atom. The highest BCUT2D eigenvalue weighted by Crippen LogP contribution is 2.24. The SMILES string of the molecule is CC(=O)N[C@H](CC(=O)N1CCC[C@@H]([C@H](C)N)C1)c1ccc(Br)cc1. The minimum absolute atomic E-state index is 0.0713. The van der Waals surface area contributed by atoms with E-state index in [1.54, 1.807) is 0 Å². The molecular weight excluding hydrogens is 370 g/mol. The first-order valence-electron chi connectivity index (χ1n) is 8.42. The lowest BCUT2D eigenvalue weighted by Crippen LogP contribution is -2.46. The molecule has 0 aliphatic carbocycles. The minimum Gasteiger partial charge on any atom is -0.349 e. The molecule has 24 heavy (non-hydrogen) atoms. The highest BCUT2D eigenvalue weighted by molar-refractivity contribution is 9.10. The third kappa shape index (κ3) is 5.31. The van der Waals surface area contributed by atoms with Crippen LogP contribution in [0.1, 0.15) is 44.7 Å². The van der Waals surface area contributed by atoms with Crippen LogP contribution in [0.3, 0.4) is 0 Å². The van der Waals surface area contributed by atoms with Crippen molar-refractivity contribution >= 4 is 27.7 Å². The van der Waals surface area contributed by atoms with Crippen LogP contribution in [0.25, 0.3) is 0 Å². The third-order valence-corrected chi connectivity index (χ3v) is 5.11. The van der Waals surface area contributed by atoms with Crippen molar-refractivity contribution < 1.29 is 9.59 Å². The fraction of sp³-hybridized carbons (Fsp3) is 0.556. The average Bonchev–Trinajstić information content (AvgIpc) is 2.54. The number of nitrogens with zero attached hydrogens (tertiary/aromatic N) is 1. The second-order valence-electron chi connectivity index (χ2n) is 6.61. The smallest absolute Gasteiger partial charge is 0.224 e. The van der Waals surface area contributed by atoms with Crippen molar-refractivity contribution in [2.75, 3.05) is 13.1 Å². The average molecular weight is 396 g/mol. The molecule has 0 radical (unpaired) electrons. The molecule has 0 spiro atoms. The first kappa shape index (κ1) is 18.9. The molecule has 0 bridgehead atoms. The van der Waals surface area contributed by atoms with Crippen molar-refractivity contribution in [3.8, 4) is 0 Å². The lowest BCUT2D eigenvalue weighted by Gasteiger charge is -2.35. The van der Waals surface area contributed by atoms with Gasteiger partial charge in [0.2, 0.25) is 11.8 Å². The fourth-order valence-electron chi connectivity index (χ4n) is 3.16. The number of amides is 2. The van der Waals surface area contributed by atoms with Crippen LogP contribution in [0.4, 0.5) is 0 Å². The molecular formula is C18H26BrN3O2. The monoisotopic (exact) mass is 395 g/mol. The van der Waals surface area contributed by atoms with E-state index in [9.17, 15) is 9.59 Å². The van der Waals surface area contributed by atoms with Crippen molar-refractivity contribution in [2.45, 2.75) is 45.2 Å². The molecule has 1 fully saturated rings. The lowest BCUT2D eigenvalue weighted by molar-refractivity contribution is -0.134. The summed E-state index contributed by atoms with van der Waals surface area (Å²) in [6.07, 6.45) is 2.33. The van der Waals surface area contributed by atoms with Crippen LogP contribution in [-0.2, 0) is 9.59 Å². The first-order chi connectivity index (χ1) is 11.4. The van der Waals surface area contributed by atoms with Crippen molar-refractivity contribution in [3.05, 3.63) is 34.3 Å². The van der Waals surface area contributed by atoms with Gasteiger partial charge in [-0.05, 0) is 43.4 Å². The van der Waals surface area contributed by atoms with Gasteiger partial charge in [-0.3, -0.25) is 9.59 Å². The number of likely N-dealkylation sites (tertiary alicyclic amines) is 1. The molecule has 0 saturated carbocycles. The van der Waals surface area contributed by atoms with Gasteiger partial charge >= 0.3 is 0 Å². The van der Waals surface area contributed by atoms with Gasteiger partial charge in [0.15, 0.2) is 0 Å². The van der Waals surface area contributed by atoms with E-state index >= 15 is 0 Å². The summed E-state index contributed by atoms with van der Waals surface area (Å²) >= 11 is 3.40. The van der Waals surface area contributed by atoms with Crippen LogP contribution in [0.2, 0.25) is 0 Å². The molecule has 3 atom stereocenters. The summed E-state index contributed by atoms with van der Waals surface area (Å²) in [5.41, 5.74) is 6.94. The van der Waals surface area contributed by atoms with E-state index in [0.29, 0.717) is 12.5 Å². The molecule has 1 aromatic carbocycles. The zero-order valence-corrected chi connectivity index (χ0v) is 15.9. The standard InChI is InChI=1S/C18H26BrN3O2/c1-12(20)15-4-3-9-22(11-15)18(24)10-17(21-13(2)23)14-5-7-16(19)8-6-14/h5-8,12,15,17H,3-4,9-11,20H2,1-2H3,(H,21,23)/t12-,15+,17+/m0/s1. The molecule has 2 amide bonds. The topological polar surface area (TPSA) is 75.4 Å². The Morgan fingerprint density at radius 1 is 1.38 bits per heavy atom. The maximum Gasteiger partial charge on any atom is 0.224 e. The molecule has 0 unspecified atom stereocenters. The molecule has 1 aliphatic rings. The van der Waals surface area contributed by atoms with Crippen molar-refractivity contribution in [2.24, 2.45) is 11.7 Å². The molecule has 132 valence electrons. The number of hydrogen-bond acceptors (Lipinski definition) is 3. The van der Waals surface area contributed by atoms with E-state index < -0.39 is 0 Å². The molecule has 1 aromatic rings. The van der Waals surface area contributed by atoms with E-state index in [1.165, 1.54) is 6.92 Å². The van der Waals surface area contributed by atoms with Gasteiger partial charge in [0.05, 0.1) is 12.5 Å². The van der Waals surface area contributed by atoms with Crippen molar-refractivity contribution in [3.63, 3.8) is 0 Å². The molecule has 5 nitrogen and oxygen atoms in total. The highest BCUT2D eigenvalue weighted by atomic mass is 79.9. The zero-order chi connectivity index (χ0) is 17.7. The molecule has 0 aromatic heterocycles. The van der Waals surface area contributed by atoms with Gasteiger partial charge in [-0.1, -0.05) is 28.1 Å². The van der Waals surface area contributed by atoms with Crippen LogP contribution in [0.5, 0.6) is 0 Å². The largest absolute Gasteiger partial charge is 0.349 e. The van der Waals surface area contributed by atoms with Gasteiger partial charge in [0.25, 0.3) is 0 Å². The van der Waals surface area contributed by atoms with Crippen molar-refractivity contribution in [1.82, 2.24) is 10.2 Å². The summed E-state index contributed by atoms with van der Waals surface area (Å²) in [5, 5.41) is 2.89. The Kier molecular flexibility index (Phi) is 6.80. The number of piperidine rings is 1. The second kappa shape index (κ2) is 8.62. The van der Waals surface area contributed by atoms with Crippen LogP contribution in [0.15, 0.2) is 28.7 Å². The second-order valence-corrected chi connectivity index (χ2v) is 7.53. The van der Waals surface area contributed by atoms with Gasteiger partial charge in [-0.2, -0.15) is 0 Å². The Morgan fingerprint density at radius 3 is 2.62 bits per heavy atom. The predicted octanol–water partition coefficient (Wildman–Crippen LogP) is 2.60. The Bertz CT molecular complexity index is 574. The predicted molar refractivity (Wildman–Crippen MR) is 98.3 cm³/mol. The maximum absolute atomic E-state index is 12.7. The highest BCUT2D eigenvalue weighted by Gasteiger charge is 2.27. The van der Waals surface area contributed by atoms with E-state index in [4.69, 9.17) is 5.73 Å². The normalized spacial score (nSPS) is 20.3. The Labute approximate surface area is 152 Å². The zero-order valence-electron chi connectivity index (χ0n) is 14.3. The number of rotatable bonds is 5. The van der Waals surface area contributed by atoms with Gasteiger partial charge < -0.3 is 16.0 Å². The summed E-state index contributed by atoms with van der Waals surface area (Å²) in [7, 11) is 0. The summed E-state index contributed by atoms with van der Waals surface area (Å²) in [6.45, 7) is 4.96. The molecule has 1 aliphatic heterocycles. The number of nitrogens with one attached hydrogen (secondary N) is 1. The quantitative estimate of drug-likeness (QED) is 0.804. The maximum atomic E-state index is 12.7. The van der Waals surface area contributed by atoms with E-state index in [-0.39, 0.29) is 30.3 Å². The molecule has 3 N–H and O–H groups in total. The summed E-state index contributed by atoms with van der Waals surface area (Å²) < 4.78 is 0.968. The number of nitrogens with two attached hydrogens (primary N) is 1. The van der Waals surface area contributed by atoms with Crippen LogP contribution >= 0.6 is 15.9 Å². The molecule has 6 heteroatoms. The van der Waals surface area contributed by atoms with Gasteiger partial charge in [-0.25, -0.2) is 0 Å². The van der Waals surface area contributed by atoms with Crippen LogP contribution < -0.4 is 11.1 Å². The number of carbonyl (C=O) groups is 2. The minimum atomic E-state index is -0.307. The summed E-state index contributed by atoms with van der Waals surface area (Å²) in [4.78, 5) is 26.1. The van der Waals surface area contributed by atoms with E-state index in [2.05, 4.69) is 21.2 Å². The summed E-state index contributed by atoms with van der Waals surface area (Å²) in [6, 6.07) is 7.48. The van der Waals surface area contributed by atoms with E-state index in [0.717, 1.165) is 29.4 Å². The Hall–Kier alpha value is -1.40. The molecule has 1 saturated heterocycles. The van der Waals surface area contributed by atoms with E-state index in [1.807, 2.05) is 36.1 Å². The van der Waals surface area contributed by atoms with Crippen LogP contribution in [-0.4, -0.2) is 35.8 Å². The van der Waals surface area contributed by atoms with Gasteiger partial charge in [0.1, 0.15) is 0 Å². The molecule has 2 rings (SSSR count). The molecule has 1 heterocycles. The number of benzene rings is 1. The fourth-order valence-corrected chi connectivity index (χ4v) is 3.43. The third-order valence-electron chi connectivity index (χ3n) is 4.58. The van der Waals surface area contributed by atoms with Crippen LogP contribution in [0, 0.1) is 5.92 Å². The Balaban J connectivity index is 2.06. The number of carbonyl (C=O) groups excluding carboxylic acids is 2. The van der Waals surface area contributed by atoms with Crippen molar-refractivity contribution in [1.29, 1.82) is 0 Å². The summed E-state index contributed by atoms with van der Waals surface area (Å²) in [5.74, 6) is 0.291. The number of hydrogen-bond donors (Lipinski definition) is 2. The van der Waals surface area contributed by atoms with Gasteiger partial charge in [-0.15, -0.1) is 0 Å². The number of halogens is 1. The lowest BCUT2D eigenvalue weighted by atomic mass is 9.91. The first-order valence-corrected chi connectivity index (χ1v) is 9.22.